The molecule has 0 unspecified atom stereocenters. The van der Waals surface area contributed by atoms with E-state index in [2.05, 4.69) is 15.5 Å². The van der Waals surface area contributed by atoms with Crippen molar-refractivity contribution in [1.29, 1.82) is 0 Å². The molecule has 2 aliphatic rings. The van der Waals surface area contributed by atoms with Crippen molar-refractivity contribution < 1.29 is 9.72 Å². The molecule has 1 aromatic carbocycles. The van der Waals surface area contributed by atoms with Crippen molar-refractivity contribution in [2.24, 2.45) is 5.92 Å². The van der Waals surface area contributed by atoms with Gasteiger partial charge in [-0.2, -0.15) is 4.98 Å². The monoisotopic (exact) mass is 478 g/mol. The molecule has 4 rings (SSSR count). The van der Waals surface area contributed by atoms with Crippen molar-refractivity contribution in [3.63, 3.8) is 0 Å². The van der Waals surface area contributed by atoms with E-state index in [0.29, 0.717) is 24.1 Å². The highest BCUT2D eigenvalue weighted by atomic mass is 16.6. The van der Waals surface area contributed by atoms with Crippen LogP contribution >= 0.6 is 0 Å². The summed E-state index contributed by atoms with van der Waals surface area (Å²) in [5, 5.41) is 17.4. The molecule has 186 valence electrons. The number of nitrogens with zero attached hydrogens (tertiary/aromatic N) is 4. The zero-order valence-corrected chi connectivity index (χ0v) is 20.5. The van der Waals surface area contributed by atoms with Gasteiger partial charge in [0.1, 0.15) is 5.82 Å². The summed E-state index contributed by atoms with van der Waals surface area (Å²) in [6.07, 6.45) is 11.6. The van der Waals surface area contributed by atoms with Gasteiger partial charge in [0.05, 0.1) is 10.6 Å². The SMILES string of the molecule is CN(C)c1nc(N[C@H]2CC[C@@H](CNC(=O)/C=C/c3cccc([N+](=O)[O-])c3)CC2)nc2c1CCCC2. The highest BCUT2D eigenvalue weighted by Crippen LogP contribution is 2.30. The smallest absolute Gasteiger partial charge is 0.270 e. The van der Waals surface area contributed by atoms with Crippen molar-refractivity contribution in [2.45, 2.75) is 57.4 Å². The number of rotatable bonds is 8. The Morgan fingerprint density at radius 3 is 2.69 bits per heavy atom. The normalized spacial score (nSPS) is 19.7. The van der Waals surface area contributed by atoms with Crippen molar-refractivity contribution in [3.05, 3.63) is 57.3 Å². The first-order valence-electron chi connectivity index (χ1n) is 12.4. The number of fused-ring (bicyclic) bond motifs is 1. The number of aromatic nitrogens is 2. The third-order valence-corrected chi connectivity index (χ3v) is 6.84. The van der Waals surface area contributed by atoms with Crippen LogP contribution < -0.4 is 15.5 Å². The Balaban J connectivity index is 1.24. The van der Waals surface area contributed by atoms with E-state index in [1.807, 2.05) is 14.1 Å². The largest absolute Gasteiger partial charge is 0.362 e. The number of hydrogen-bond donors (Lipinski definition) is 2. The van der Waals surface area contributed by atoms with E-state index in [1.165, 1.54) is 42.3 Å². The molecule has 0 atom stereocenters. The van der Waals surface area contributed by atoms with Gasteiger partial charge in [0.15, 0.2) is 0 Å². The number of nitro groups is 1. The van der Waals surface area contributed by atoms with E-state index < -0.39 is 4.92 Å². The molecule has 0 spiro atoms. The fourth-order valence-corrected chi connectivity index (χ4v) is 4.92. The molecule has 1 saturated carbocycles. The lowest BCUT2D eigenvalue weighted by molar-refractivity contribution is -0.384. The third kappa shape index (κ3) is 6.55. The van der Waals surface area contributed by atoms with Crippen molar-refractivity contribution in [3.8, 4) is 0 Å². The minimum absolute atomic E-state index is 0.0108. The van der Waals surface area contributed by atoms with Crippen molar-refractivity contribution >= 4 is 29.4 Å². The fourth-order valence-electron chi connectivity index (χ4n) is 4.92. The minimum Gasteiger partial charge on any atom is -0.362 e. The molecule has 0 bridgehead atoms. The molecule has 0 radical (unpaired) electrons. The predicted octanol–water partition coefficient (Wildman–Crippen LogP) is 4.13. The minimum atomic E-state index is -0.443. The van der Waals surface area contributed by atoms with E-state index in [4.69, 9.17) is 9.97 Å². The molecule has 1 heterocycles. The third-order valence-electron chi connectivity index (χ3n) is 6.84. The molecule has 2 aromatic rings. The summed E-state index contributed by atoms with van der Waals surface area (Å²) in [4.78, 5) is 34.4. The maximum atomic E-state index is 12.2. The van der Waals surface area contributed by atoms with Gasteiger partial charge in [0.2, 0.25) is 11.9 Å². The van der Waals surface area contributed by atoms with Gasteiger partial charge < -0.3 is 15.5 Å². The second kappa shape index (κ2) is 11.3. The number of carbonyl (C=O) groups is 1. The summed E-state index contributed by atoms with van der Waals surface area (Å²) in [6.45, 7) is 0.630. The molecule has 2 N–H and O–H groups in total. The second-order valence-corrected chi connectivity index (χ2v) is 9.69. The average molecular weight is 479 g/mol. The number of aryl methyl sites for hydroxylation is 1. The van der Waals surface area contributed by atoms with Crippen LogP contribution in [0.15, 0.2) is 30.3 Å². The van der Waals surface area contributed by atoms with Gasteiger partial charge in [-0.25, -0.2) is 4.98 Å². The van der Waals surface area contributed by atoms with Gasteiger partial charge >= 0.3 is 0 Å². The number of carbonyl (C=O) groups excluding carboxylic acids is 1. The van der Waals surface area contributed by atoms with Gasteiger partial charge in [-0.3, -0.25) is 14.9 Å². The lowest BCUT2D eigenvalue weighted by Gasteiger charge is -2.30. The highest BCUT2D eigenvalue weighted by molar-refractivity contribution is 5.91. The zero-order chi connectivity index (χ0) is 24.8. The zero-order valence-electron chi connectivity index (χ0n) is 20.5. The number of hydrogen-bond acceptors (Lipinski definition) is 7. The topological polar surface area (TPSA) is 113 Å². The number of non-ortho nitro benzene ring substituents is 1. The first-order valence-corrected chi connectivity index (χ1v) is 12.4. The fraction of sp³-hybridized carbons (Fsp3) is 0.500. The molecule has 0 aliphatic heterocycles. The lowest BCUT2D eigenvalue weighted by atomic mass is 9.86. The molecule has 9 heteroatoms. The Morgan fingerprint density at radius 2 is 1.94 bits per heavy atom. The van der Waals surface area contributed by atoms with E-state index in [9.17, 15) is 14.9 Å². The van der Waals surface area contributed by atoms with Gasteiger partial charge in [-0.15, -0.1) is 0 Å². The second-order valence-electron chi connectivity index (χ2n) is 9.69. The van der Waals surface area contributed by atoms with E-state index in [-0.39, 0.29) is 11.6 Å². The Kier molecular flexibility index (Phi) is 7.94. The first-order chi connectivity index (χ1) is 16.9. The van der Waals surface area contributed by atoms with Crippen LogP contribution in [0.1, 0.15) is 55.3 Å². The van der Waals surface area contributed by atoms with Crippen LogP contribution in [0, 0.1) is 16.0 Å². The maximum absolute atomic E-state index is 12.2. The van der Waals surface area contributed by atoms with Gasteiger partial charge in [0, 0.05) is 50.5 Å². The van der Waals surface area contributed by atoms with E-state index >= 15 is 0 Å². The summed E-state index contributed by atoms with van der Waals surface area (Å²) < 4.78 is 0. The Morgan fingerprint density at radius 1 is 1.17 bits per heavy atom. The Hall–Kier alpha value is -3.49. The molecular formula is C26H34N6O3. The number of nitro benzene ring substituents is 1. The summed E-state index contributed by atoms with van der Waals surface area (Å²) >= 11 is 0. The lowest BCUT2D eigenvalue weighted by Crippen LogP contribution is -2.33. The van der Waals surface area contributed by atoms with Crippen molar-refractivity contribution in [2.75, 3.05) is 30.9 Å². The highest BCUT2D eigenvalue weighted by Gasteiger charge is 2.24. The molecule has 2 aliphatic carbocycles. The van der Waals surface area contributed by atoms with Crippen LogP contribution in [0.4, 0.5) is 17.5 Å². The van der Waals surface area contributed by atoms with E-state index in [0.717, 1.165) is 50.3 Å². The number of benzene rings is 1. The molecular weight excluding hydrogens is 444 g/mol. The quantitative estimate of drug-likeness (QED) is 0.333. The van der Waals surface area contributed by atoms with Crippen molar-refractivity contribution in [1.82, 2.24) is 15.3 Å². The predicted molar refractivity (Wildman–Crippen MR) is 138 cm³/mol. The molecule has 1 amide bonds. The Bertz CT molecular complexity index is 1090. The number of nitrogens with one attached hydrogen (secondary N) is 2. The maximum Gasteiger partial charge on any atom is 0.270 e. The Labute approximate surface area is 206 Å². The summed E-state index contributed by atoms with van der Waals surface area (Å²) in [7, 11) is 4.08. The molecule has 1 aromatic heterocycles. The van der Waals surface area contributed by atoms with Crippen LogP contribution in [0.2, 0.25) is 0 Å². The first kappa shape index (κ1) is 24.6. The van der Waals surface area contributed by atoms with E-state index in [1.54, 1.807) is 18.2 Å². The van der Waals surface area contributed by atoms with Crippen LogP contribution in [0.25, 0.3) is 6.08 Å². The van der Waals surface area contributed by atoms with Gasteiger partial charge in [-0.1, -0.05) is 12.1 Å². The number of anilines is 2. The van der Waals surface area contributed by atoms with Crippen LogP contribution in [-0.2, 0) is 17.6 Å². The van der Waals surface area contributed by atoms with Gasteiger partial charge in [-0.05, 0) is 68.9 Å². The number of amides is 1. The van der Waals surface area contributed by atoms with Crippen LogP contribution in [-0.4, -0.2) is 47.5 Å². The summed E-state index contributed by atoms with van der Waals surface area (Å²) in [5.41, 5.74) is 3.12. The van der Waals surface area contributed by atoms with Crippen LogP contribution in [0.3, 0.4) is 0 Å². The van der Waals surface area contributed by atoms with Crippen LogP contribution in [0.5, 0.6) is 0 Å². The summed E-state index contributed by atoms with van der Waals surface area (Å²) in [5.74, 6) is 2.02. The molecule has 9 nitrogen and oxygen atoms in total. The van der Waals surface area contributed by atoms with Gasteiger partial charge in [0.25, 0.3) is 5.69 Å². The molecule has 35 heavy (non-hydrogen) atoms. The molecule has 1 fully saturated rings. The average Bonchev–Trinajstić information content (AvgIpc) is 2.86. The standard InChI is InChI=1S/C26H34N6O3/c1-31(2)25-22-8-3-4-9-23(22)29-26(30-25)28-20-13-10-19(11-14-20)17-27-24(33)15-12-18-6-5-7-21(16-18)32(34)35/h5-7,12,15-16,19-20H,3-4,8-11,13-14,17H2,1-2H3,(H,27,33)(H,28,29,30)/b15-12+/t19-,20+. The summed E-state index contributed by atoms with van der Waals surface area (Å²) in [6, 6.07) is 6.57. The molecule has 0 saturated heterocycles.